The Morgan fingerprint density at radius 1 is 1.44 bits per heavy atom. The van der Waals surface area contributed by atoms with Crippen molar-refractivity contribution in [2.45, 2.75) is 44.8 Å². The van der Waals surface area contributed by atoms with Crippen molar-refractivity contribution in [3.05, 3.63) is 29.8 Å². The molecule has 0 N–H and O–H groups in total. The lowest BCUT2D eigenvalue weighted by Crippen LogP contribution is -2.57. The first-order valence-electron chi connectivity index (χ1n) is 9.34. The highest BCUT2D eigenvalue weighted by Gasteiger charge is 2.46. The van der Waals surface area contributed by atoms with E-state index < -0.39 is 0 Å². The number of likely N-dealkylation sites (N-methyl/N-ethyl adjacent to an activating group) is 1. The molecule has 1 aromatic carbocycles. The number of anilines is 1. The lowest BCUT2D eigenvalue weighted by Gasteiger charge is -2.44. The van der Waals surface area contributed by atoms with Crippen LogP contribution in [-0.2, 0) is 14.3 Å². The second-order valence-electron chi connectivity index (χ2n) is 7.20. The molecule has 0 bridgehead atoms. The van der Waals surface area contributed by atoms with E-state index in [9.17, 15) is 4.79 Å². The Hall–Kier alpha value is -1.43. The van der Waals surface area contributed by atoms with E-state index in [2.05, 4.69) is 24.0 Å². The summed E-state index contributed by atoms with van der Waals surface area (Å²) in [6.45, 7) is 7.65. The molecule has 2 heterocycles. The molecular weight excluding hydrogens is 316 g/mol. The summed E-state index contributed by atoms with van der Waals surface area (Å²) in [6, 6.07) is 8.13. The number of nitrogens with zero attached hydrogens (tertiary/aromatic N) is 2. The van der Waals surface area contributed by atoms with Gasteiger partial charge >= 0.3 is 0 Å². The number of hydrogen-bond donors (Lipinski definition) is 0. The van der Waals surface area contributed by atoms with Crippen LogP contribution in [0.5, 0.6) is 0 Å². The van der Waals surface area contributed by atoms with E-state index in [0.29, 0.717) is 13.1 Å². The second-order valence-corrected chi connectivity index (χ2v) is 7.20. The molecule has 1 aromatic rings. The third-order valence-electron chi connectivity index (χ3n) is 5.57. The van der Waals surface area contributed by atoms with E-state index in [4.69, 9.17) is 9.47 Å². The largest absolute Gasteiger partial charge is 0.377 e. The van der Waals surface area contributed by atoms with E-state index in [-0.39, 0.29) is 17.6 Å². The van der Waals surface area contributed by atoms with Gasteiger partial charge in [-0.25, -0.2) is 0 Å². The minimum atomic E-state index is -0.130. The van der Waals surface area contributed by atoms with Crippen LogP contribution in [-0.4, -0.2) is 62.4 Å². The lowest BCUT2D eigenvalue weighted by atomic mass is 9.86. The van der Waals surface area contributed by atoms with Gasteiger partial charge in [-0.2, -0.15) is 0 Å². The number of carbonyl (C=O) groups excluding carboxylic acids is 1. The summed E-state index contributed by atoms with van der Waals surface area (Å²) < 4.78 is 11.8. The Labute approximate surface area is 150 Å². The van der Waals surface area contributed by atoms with Gasteiger partial charge < -0.3 is 14.4 Å². The van der Waals surface area contributed by atoms with Gasteiger partial charge in [0, 0.05) is 39.0 Å². The molecule has 0 radical (unpaired) electrons. The van der Waals surface area contributed by atoms with E-state index in [1.165, 1.54) is 5.56 Å². The van der Waals surface area contributed by atoms with Crippen LogP contribution >= 0.6 is 0 Å². The van der Waals surface area contributed by atoms with Crippen molar-refractivity contribution >= 4 is 11.6 Å². The second kappa shape index (κ2) is 7.85. The maximum atomic E-state index is 12.9. The van der Waals surface area contributed by atoms with Gasteiger partial charge in [0.1, 0.15) is 0 Å². The highest BCUT2D eigenvalue weighted by Crippen LogP contribution is 2.37. The normalized spacial score (nSPS) is 26.9. The van der Waals surface area contributed by atoms with Gasteiger partial charge in [-0.05, 0) is 50.8 Å². The molecule has 138 valence electrons. The zero-order chi connectivity index (χ0) is 17.9. The zero-order valence-corrected chi connectivity index (χ0v) is 15.7. The minimum Gasteiger partial charge on any atom is -0.377 e. The van der Waals surface area contributed by atoms with Crippen molar-refractivity contribution in [3.63, 3.8) is 0 Å². The van der Waals surface area contributed by atoms with Crippen molar-refractivity contribution < 1.29 is 14.3 Å². The fraction of sp³-hybridized carbons (Fsp3) is 0.650. The molecule has 0 aromatic heterocycles. The summed E-state index contributed by atoms with van der Waals surface area (Å²) >= 11 is 0. The number of hydrogen-bond acceptors (Lipinski definition) is 4. The molecule has 3 rings (SSSR count). The molecule has 2 saturated heterocycles. The third-order valence-corrected chi connectivity index (χ3v) is 5.57. The summed E-state index contributed by atoms with van der Waals surface area (Å²) in [7, 11) is 1.75. The molecule has 2 aliphatic rings. The van der Waals surface area contributed by atoms with E-state index in [0.717, 1.165) is 44.6 Å². The smallest absolute Gasteiger partial charge is 0.241 e. The molecule has 5 nitrogen and oxygen atoms in total. The molecule has 0 saturated carbocycles. The standard InChI is InChI=1S/C20H30N2O3/c1-4-22(17-8-5-7-16(2)13-17)19(23)15-21-11-10-20(9-6-12-25-20)18(14-21)24-3/h5,7-8,13,18H,4,6,9-12,14-15H2,1-3H3. The average molecular weight is 346 g/mol. The third kappa shape index (κ3) is 3.89. The summed E-state index contributed by atoms with van der Waals surface area (Å²) in [6.07, 6.45) is 3.16. The predicted octanol–water partition coefficient (Wildman–Crippen LogP) is 2.62. The molecule has 2 atom stereocenters. The fourth-order valence-electron chi connectivity index (χ4n) is 4.18. The maximum absolute atomic E-state index is 12.9. The number of rotatable bonds is 5. The lowest BCUT2D eigenvalue weighted by molar-refractivity contribution is -0.146. The number of amides is 1. The van der Waals surface area contributed by atoms with Crippen LogP contribution in [0.3, 0.4) is 0 Å². The van der Waals surface area contributed by atoms with Crippen molar-refractivity contribution in [2.24, 2.45) is 0 Å². The van der Waals surface area contributed by atoms with Gasteiger partial charge in [0.15, 0.2) is 0 Å². The Balaban J connectivity index is 1.64. The first-order valence-corrected chi connectivity index (χ1v) is 9.34. The van der Waals surface area contributed by atoms with Crippen LogP contribution in [0, 0.1) is 6.92 Å². The zero-order valence-electron chi connectivity index (χ0n) is 15.7. The van der Waals surface area contributed by atoms with Gasteiger partial charge in [0.2, 0.25) is 5.91 Å². The van der Waals surface area contributed by atoms with Gasteiger partial charge in [-0.15, -0.1) is 0 Å². The van der Waals surface area contributed by atoms with Gasteiger partial charge in [-0.3, -0.25) is 9.69 Å². The van der Waals surface area contributed by atoms with Gasteiger partial charge in [0.05, 0.1) is 18.2 Å². The van der Waals surface area contributed by atoms with Crippen LogP contribution in [0.1, 0.15) is 31.7 Å². The van der Waals surface area contributed by atoms with Crippen molar-refractivity contribution in [1.29, 1.82) is 0 Å². The Bertz CT molecular complexity index is 598. The number of carbonyl (C=O) groups is 1. The molecule has 2 fully saturated rings. The summed E-state index contributed by atoms with van der Waals surface area (Å²) in [5, 5.41) is 0. The van der Waals surface area contributed by atoms with Gasteiger partial charge in [0.25, 0.3) is 0 Å². The number of piperidine rings is 1. The quantitative estimate of drug-likeness (QED) is 0.822. The number of benzene rings is 1. The monoisotopic (exact) mass is 346 g/mol. The van der Waals surface area contributed by atoms with Gasteiger partial charge in [-0.1, -0.05) is 12.1 Å². The average Bonchev–Trinajstić information content (AvgIpc) is 3.07. The topological polar surface area (TPSA) is 42.0 Å². The minimum absolute atomic E-state index is 0.0468. The fourth-order valence-corrected chi connectivity index (χ4v) is 4.18. The van der Waals surface area contributed by atoms with E-state index in [1.54, 1.807) is 7.11 Å². The molecule has 1 amide bonds. The van der Waals surface area contributed by atoms with E-state index >= 15 is 0 Å². The van der Waals surface area contributed by atoms with E-state index in [1.807, 2.05) is 24.0 Å². The first kappa shape index (κ1) is 18.4. The summed E-state index contributed by atoms with van der Waals surface area (Å²) in [4.78, 5) is 17.0. The maximum Gasteiger partial charge on any atom is 0.241 e. The summed E-state index contributed by atoms with van der Waals surface area (Å²) in [5.74, 6) is 0.145. The molecule has 2 aliphatic heterocycles. The van der Waals surface area contributed by atoms with Crippen molar-refractivity contribution in [2.75, 3.05) is 44.8 Å². The molecule has 1 spiro atoms. The predicted molar refractivity (Wildman–Crippen MR) is 99.0 cm³/mol. The number of ether oxygens (including phenoxy) is 2. The Kier molecular flexibility index (Phi) is 5.77. The van der Waals surface area contributed by atoms with Crippen molar-refractivity contribution in [1.82, 2.24) is 4.90 Å². The van der Waals surface area contributed by atoms with Crippen LogP contribution in [0.25, 0.3) is 0 Å². The number of likely N-dealkylation sites (tertiary alicyclic amines) is 1. The van der Waals surface area contributed by atoms with Crippen LogP contribution in [0.15, 0.2) is 24.3 Å². The molecule has 25 heavy (non-hydrogen) atoms. The SMILES string of the molecule is CCN(C(=O)CN1CCC2(CCCO2)C(OC)C1)c1cccc(C)c1. The number of aryl methyl sites for hydroxylation is 1. The highest BCUT2D eigenvalue weighted by atomic mass is 16.5. The highest BCUT2D eigenvalue weighted by molar-refractivity contribution is 5.94. The number of methoxy groups -OCH3 is 1. The molecular formula is C20H30N2O3. The molecule has 0 aliphatic carbocycles. The van der Waals surface area contributed by atoms with Crippen LogP contribution in [0.4, 0.5) is 5.69 Å². The van der Waals surface area contributed by atoms with Crippen LogP contribution in [0.2, 0.25) is 0 Å². The Morgan fingerprint density at radius 2 is 2.28 bits per heavy atom. The van der Waals surface area contributed by atoms with Crippen LogP contribution < -0.4 is 4.90 Å². The Morgan fingerprint density at radius 3 is 2.92 bits per heavy atom. The molecule has 2 unspecified atom stereocenters. The first-order chi connectivity index (χ1) is 12.1. The van der Waals surface area contributed by atoms with Crippen molar-refractivity contribution in [3.8, 4) is 0 Å². The summed E-state index contributed by atoms with van der Waals surface area (Å²) in [5.41, 5.74) is 2.01. The molecule has 5 heteroatoms.